The van der Waals surface area contributed by atoms with E-state index in [2.05, 4.69) is 0 Å². The molecule has 1 atom stereocenters. The molecule has 1 amide bonds. The topological polar surface area (TPSA) is 57.7 Å². The summed E-state index contributed by atoms with van der Waals surface area (Å²) in [7, 11) is -3.98. The molecular weight excluding hydrogens is 429 g/mol. The predicted molar refractivity (Wildman–Crippen MR) is 105 cm³/mol. The lowest BCUT2D eigenvalue weighted by Gasteiger charge is -2.34. The number of likely N-dealkylation sites (tertiary alicyclic amines) is 1. The van der Waals surface area contributed by atoms with Crippen molar-refractivity contribution in [1.82, 2.24) is 4.90 Å². The number of anilines is 1. The molecule has 10 heteroatoms. The minimum Gasteiger partial charge on any atom is -0.341 e. The fourth-order valence-corrected chi connectivity index (χ4v) is 5.66. The van der Waals surface area contributed by atoms with E-state index in [-0.39, 0.29) is 10.7 Å². The molecule has 29 heavy (non-hydrogen) atoms. The summed E-state index contributed by atoms with van der Waals surface area (Å²) in [4.78, 5) is 14.5. The lowest BCUT2D eigenvalue weighted by Crippen LogP contribution is -2.47. The van der Waals surface area contributed by atoms with Crippen molar-refractivity contribution in [1.29, 1.82) is 0 Å². The molecule has 2 fully saturated rings. The van der Waals surface area contributed by atoms with Crippen molar-refractivity contribution < 1.29 is 26.4 Å². The Kier molecular flexibility index (Phi) is 6.38. The van der Waals surface area contributed by atoms with Crippen molar-refractivity contribution in [3.8, 4) is 0 Å². The van der Waals surface area contributed by atoms with Crippen LogP contribution in [0, 0.1) is 5.92 Å². The van der Waals surface area contributed by atoms with Crippen LogP contribution in [0.1, 0.15) is 44.6 Å². The molecule has 1 aromatic carbocycles. The van der Waals surface area contributed by atoms with Crippen LogP contribution in [0.2, 0.25) is 5.02 Å². The third kappa shape index (κ3) is 4.99. The third-order valence-electron chi connectivity index (χ3n) is 5.52. The number of carbonyl (C=O) groups is 1. The van der Waals surface area contributed by atoms with Gasteiger partial charge in [-0.25, -0.2) is 8.42 Å². The van der Waals surface area contributed by atoms with Gasteiger partial charge in [-0.05, 0) is 49.8 Å². The van der Waals surface area contributed by atoms with Crippen LogP contribution in [-0.4, -0.2) is 44.1 Å². The molecule has 5 nitrogen and oxygen atoms in total. The van der Waals surface area contributed by atoms with Gasteiger partial charge >= 0.3 is 6.18 Å². The zero-order valence-electron chi connectivity index (χ0n) is 16.1. The van der Waals surface area contributed by atoms with Gasteiger partial charge in [0.1, 0.15) is 6.54 Å². The van der Waals surface area contributed by atoms with Gasteiger partial charge in [0.2, 0.25) is 15.9 Å². The number of benzene rings is 1. The Labute approximate surface area is 173 Å². The lowest BCUT2D eigenvalue weighted by molar-refractivity contribution is -0.137. The summed E-state index contributed by atoms with van der Waals surface area (Å²) in [5.74, 6) is -0.0702. The number of sulfonamides is 1. The summed E-state index contributed by atoms with van der Waals surface area (Å²) in [6.07, 6.45) is -1.07. The maximum Gasteiger partial charge on any atom is 0.416 e. The number of hydrogen-bond acceptors (Lipinski definition) is 3. The molecule has 1 saturated heterocycles. The van der Waals surface area contributed by atoms with Crippen molar-refractivity contribution in [2.75, 3.05) is 23.9 Å². The molecule has 0 bridgehead atoms. The zero-order chi connectivity index (χ0) is 21.4. The molecule has 0 aromatic heterocycles. The van der Waals surface area contributed by atoms with Crippen LogP contribution < -0.4 is 4.31 Å². The van der Waals surface area contributed by atoms with E-state index in [1.807, 2.05) is 6.92 Å². The Balaban J connectivity index is 1.93. The van der Waals surface area contributed by atoms with Gasteiger partial charge in [-0.2, -0.15) is 13.2 Å². The van der Waals surface area contributed by atoms with E-state index in [9.17, 15) is 26.4 Å². The second-order valence-electron chi connectivity index (χ2n) is 7.67. The molecule has 0 radical (unpaired) electrons. The van der Waals surface area contributed by atoms with E-state index < -0.39 is 39.5 Å². The molecule has 2 aliphatic rings. The van der Waals surface area contributed by atoms with Gasteiger partial charge in [0.25, 0.3) is 0 Å². The summed E-state index contributed by atoms with van der Waals surface area (Å²) in [6.45, 7) is 2.53. The quantitative estimate of drug-likeness (QED) is 0.646. The molecule has 1 unspecified atom stereocenters. The van der Waals surface area contributed by atoms with Crippen LogP contribution in [0.15, 0.2) is 18.2 Å². The summed E-state index contributed by atoms with van der Waals surface area (Å²) >= 11 is 6.09. The Morgan fingerprint density at radius 3 is 2.55 bits per heavy atom. The van der Waals surface area contributed by atoms with E-state index in [1.165, 1.54) is 0 Å². The Hall–Kier alpha value is -1.48. The van der Waals surface area contributed by atoms with Gasteiger partial charge in [-0.1, -0.05) is 24.9 Å². The molecular formula is C19H24ClF3N2O3S. The number of carbonyl (C=O) groups excluding carboxylic acids is 1. The maximum atomic E-state index is 13.2. The zero-order valence-corrected chi connectivity index (χ0v) is 17.7. The second kappa shape index (κ2) is 8.34. The van der Waals surface area contributed by atoms with E-state index in [4.69, 9.17) is 11.6 Å². The van der Waals surface area contributed by atoms with Crippen LogP contribution in [-0.2, 0) is 21.0 Å². The molecule has 1 aliphatic carbocycles. The first-order valence-electron chi connectivity index (χ1n) is 9.70. The summed E-state index contributed by atoms with van der Waals surface area (Å²) < 4.78 is 66.2. The first kappa shape index (κ1) is 22.2. The van der Waals surface area contributed by atoms with Gasteiger partial charge in [-0.15, -0.1) is 0 Å². The standard InChI is InChI=1S/C19H24ClF3N2O3S/c1-2-13-4-3-9-24(11-13)18(26)12-25(29(27,28)15-6-7-15)17-10-14(19(21,22)23)5-8-16(17)20/h5,8,10,13,15H,2-4,6-7,9,11-12H2,1H3. The van der Waals surface area contributed by atoms with Crippen molar-refractivity contribution >= 4 is 33.2 Å². The minimum atomic E-state index is -4.65. The Morgan fingerprint density at radius 2 is 1.97 bits per heavy atom. The fraction of sp³-hybridized carbons (Fsp3) is 0.632. The molecule has 3 rings (SSSR count). The predicted octanol–water partition coefficient (Wildman–Crippen LogP) is 4.31. The van der Waals surface area contributed by atoms with E-state index in [0.29, 0.717) is 37.9 Å². The average molecular weight is 453 g/mol. The third-order valence-corrected chi connectivity index (χ3v) is 8.10. The number of piperidine rings is 1. The molecule has 1 saturated carbocycles. The molecule has 162 valence electrons. The highest BCUT2D eigenvalue weighted by molar-refractivity contribution is 7.93. The highest BCUT2D eigenvalue weighted by atomic mass is 35.5. The highest BCUT2D eigenvalue weighted by Gasteiger charge is 2.43. The van der Waals surface area contributed by atoms with Crippen LogP contribution in [0.25, 0.3) is 0 Å². The van der Waals surface area contributed by atoms with Crippen molar-refractivity contribution in [2.45, 2.75) is 50.5 Å². The molecule has 1 aromatic rings. The van der Waals surface area contributed by atoms with Crippen molar-refractivity contribution in [3.05, 3.63) is 28.8 Å². The molecule has 0 N–H and O–H groups in total. The summed E-state index contributed by atoms with van der Waals surface area (Å²) in [6, 6.07) is 2.53. The van der Waals surface area contributed by atoms with Crippen LogP contribution in [0.4, 0.5) is 18.9 Å². The number of nitrogens with zero attached hydrogens (tertiary/aromatic N) is 2. The highest BCUT2D eigenvalue weighted by Crippen LogP contribution is 2.39. The minimum absolute atomic E-state index is 0.139. The number of hydrogen-bond donors (Lipinski definition) is 0. The maximum absolute atomic E-state index is 13.2. The van der Waals surface area contributed by atoms with E-state index >= 15 is 0 Å². The lowest BCUT2D eigenvalue weighted by atomic mass is 9.95. The van der Waals surface area contributed by atoms with E-state index in [0.717, 1.165) is 35.7 Å². The summed E-state index contributed by atoms with van der Waals surface area (Å²) in [5.41, 5.74) is -1.31. The van der Waals surface area contributed by atoms with E-state index in [1.54, 1.807) is 4.90 Å². The Bertz CT molecular complexity index is 872. The van der Waals surface area contributed by atoms with Gasteiger partial charge < -0.3 is 4.90 Å². The SMILES string of the molecule is CCC1CCCN(C(=O)CN(c2cc(C(F)(F)F)ccc2Cl)S(=O)(=O)C2CC2)C1. The number of halogens is 4. The second-order valence-corrected chi connectivity index (χ2v) is 10.2. The number of alkyl halides is 3. The first-order chi connectivity index (χ1) is 13.5. The monoisotopic (exact) mass is 452 g/mol. The van der Waals surface area contributed by atoms with Gasteiger partial charge in [0.05, 0.1) is 21.5 Å². The summed E-state index contributed by atoms with van der Waals surface area (Å²) in [5, 5.41) is -0.828. The van der Waals surface area contributed by atoms with Crippen LogP contribution in [0.3, 0.4) is 0 Å². The Morgan fingerprint density at radius 1 is 1.28 bits per heavy atom. The largest absolute Gasteiger partial charge is 0.416 e. The number of rotatable bonds is 6. The van der Waals surface area contributed by atoms with Crippen molar-refractivity contribution in [2.24, 2.45) is 5.92 Å². The molecule has 1 heterocycles. The average Bonchev–Trinajstić information content (AvgIpc) is 3.51. The normalized spacial score (nSPS) is 20.6. The number of amides is 1. The van der Waals surface area contributed by atoms with Crippen molar-refractivity contribution in [3.63, 3.8) is 0 Å². The molecule has 1 aliphatic heterocycles. The van der Waals surface area contributed by atoms with Crippen LogP contribution >= 0.6 is 11.6 Å². The fourth-order valence-electron chi connectivity index (χ4n) is 3.59. The first-order valence-corrected chi connectivity index (χ1v) is 11.6. The van der Waals surface area contributed by atoms with Crippen LogP contribution in [0.5, 0.6) is 0 Å². The molecule has 0 spiro atoms. The van der Waals surface area contributed by atoms with Gasteiger partial charge in [0, 0.05) is 13.1 Å². The van der Waals surface area contributed by atoms with Gasteiger partial charge in [0.15, 0.2) is 0 Å². The smallest absolute Gasteiger partial charge is 0.341 e. The van der Waals surface area contributed by atoms with Gasteiger partial charge in [-0.3, -0.25) is 9.10 Å².